The van der Waals surface area contributed by atoms with Gasteiger partial charge < -0.3 is 5.32 Å². The van der Waals surface area contributed by atoms with Crippen LogP contribution in [0.1, 0.15) is 25.0 Å². The van der Waals surface area contributed by atoms with Gasteiger partial charge in [-0.1, -0.05) is 32.0 Å². The number of sulfonamides is 1. The topological polar surface area (TPSA) is 90.3 Å². The highest BCUT2D eigenvalue weighted by Crippen LogP contribution is 2.18. The second kappa shape index (κ2) is 9.12. The zero-order valence-corrected chi connectivity index (χ0v) is 16.0. The van der Waals surface area contributed by atoms with Crippen LogP contribution in [-0.2, 0) is 14.8 Å². The van der Waals surface area contributed by atoms with Gasteiger partial charge in [0.2, 0.25) is 15.9 Å². The number of nitriles is 1. The Morgan fingerprint density at radius 2 is 1.74 bits per heavy atom. The quantitative estimate of drug-likeness (QED) is 0.743. The van der Waals surface area contributed by atoms with Crippen molar-refractivity contribution in [3.8, 4) is 6.07 Å². The monoisotopic (exact) mass is 383 g/mol. The maximum atomic E-state index is 12.4. The molecule has 0 aliphatic rings. The second-order valence-corrected chi connectivity index (χ2v) is 7.57. The van der Waals surface area contributed by atoms with E-state index >= 15 is 0 Å². The van der Waals surface area contributed by atoms with Crippen LogP contribution in [0.2, 0.25) is 0 Å². The Labute approximate surface area is 159 Å². The van der Waals surface area contributed by atoms with Gasteiger partial charge in [-0.2, -0.15) is 9.57 Å². The first-order valence-corrected chi connectivity index (χ1v) is 9.94. The molecule has 0 heterocycles. The summed E-state index contributed by atoms with van der Waals surface area (Å²) in [7, 11) is -3.52. The third kappa shape index (κ3) is 5.03. The Morgan fingerprint density at radius 3 is 2.33 bits per heavy atom. The van der Waals surface area contributed by atoms with Crippen molar-refractivity contribution in [1.82, 2.24) is 4.31 Å². The maximum Gasteiger partial charge on any atom is 0.248 e. The van der Waals surface area contributed by atoms with Crippen molar-refractivity contribution in [1.29, 1.82) is 5.26 Å². The average molecular weight is 383 g/mol. The fourth-order valence-corrected chi connectivity index (χ4v) is 3.97. The third-order valence-corrected chi connectivity index (χ3v) is 6.02. The molecule has 0 saturated heterocycles. The summed E-state index contributed by atoms with van der Waals surface area (Å²) in [6.07, 6.45) is 2.89. The van der Waals surface area contributed by atoms with Crippen molar-refractivity contribution in [2.75, 3.05) is 18.4 Å². The van der Waals surface area contributed by atoms with Crippen LogP contribution in [0.3, 0.4) is 0 Å². The molecule has 6 nitrogen and oxygen atoms in total. The molecule has 1 amide bonds. The molecule has 0 bridgehead atoms. The normalized spacial score (nSPS) is 11.5. The lowest BCUT2D eigenvalue weighted by Gasteiger charge is -2.18. The van der Waals surface area contributed by atoms with Gasteiger partial charge in [0, 0.05) is 24.9 Å². The van der Waals surface area contributed by atoms with Gasteiger partial charge in [0.15, 0.2) is 0 Å². The Kier molecular flexibility index (Phi) is 6.88. The number of carbonyl (C=O) groups is 1. The Bertz CT molecular complexity index is 970. The fourth-order valence-electron chi connectivity index (χ4n) is 2.52. The zero-order valence-electron chi connectivity index (χ0n) is 15.2. The summed E-state index contributed by atoms with van der Waals surface area (Å²) in [5.41, 5.74) is 1.61. The molecule has 0 aliphatic heterocycles. The Balaban J connectivity index is 2.09. The molecule has 140 valence electrons. The molecule has 0 atom stereocenters. The highest BCUT2D eigenvalue weighted by atomic mass is 32.2. The van der Waals surface area contributed by atoms with Crippen molar-refractivity contribution < 1.29 is 13.2 Å². The SMILES string of the molecule is CCN(CC)S(=O)(=O)c1ccc(NC(=O)/C=C/c2ccccc2C#N)cc1. The van der Waals surface area contributed by atoms with E-state index in [4.69, 9.17) is 5.26 Å². The van der Waals surface area contributed by atoms with Crippen LogP contribution >= 0.6 is 0 Å². The van der Waals surface area contributed by atoms with Crippen molar-refractivity contribution >= 4 is 27.7 Å². The highest BCUT2D eigenvalue weighted by molar-refractivity contribution is 7.89. The summed E-state index contributed by atoms with van der Waals surface area (Å²) in [6.45, 7) is 4.36. The lowest BCUT2D eigenvalue weighted by molar-refractivity contribution is -0.111. The zero-order chi connectivity index (χ0) is 19.9. The molecular weight excluding hydrogens is 362 g/mol. The highest BCUT2D eigenvalue weighted by Gasteiger charge is 2.21. The van der Waals surface area contributed by atoms with Gasteiger partial charge in [0.1, 0.15) is 0 Å². The van der Waals surface area contributed by atoms with E-state index in [2.05, 4.69) is 11.4 Å². The molecule has 0 fully saturated rings. The third-order valence-electron chi connectivity index (χ3n) is 3.96. The molecule has 0 aliphatic carbocycles. The largest absolute Gasteiger partial charge is 0.323 e. The molecule has 0 unspecified atom stereocenters. The van der Waals surface area contributed by atoms with Gasteiger partial charge in [-0.3, -0.25) is 4.79 Å². The van der Waals surface area contributed by atoms with E-state index in [1.807, 2.05) is 0 Å². The number of carbonyl (C=O) groups excluding carboxylic acids is 1. The van der Waals surface area contributed by atoms with Crippen molar-refractivity contribution in [2.24, 2.45) is 0 Å². The second-order valence-electron chi connectivity index (χ2n) is 5.64. The average Bonchev–Trinajstić information content (AvgIpc) is 2.67. The molecule has 2 aromatic rings. The van der Waals surface area contributed by atoms with Gasteiger partial charge >= 0.3 is 0 Å². The first kappa shape index (κ1) is 20.4. The summed E-state index contributed by atoms with van der Waals surface area (Å²) in [4.78, 5) is 12.2. The summed E-state index contributed by atoms with van der Waals surface area (Å²) in [5, 5.41) is 11.7. The predicted molar refractivity (Wildman–Crippen MR) is 105 cm³/mol. The van der Waals surface area contributed by atoms with E-state index < -0.39 is 10.0 Å². The van der Waals surface area contributed by atoms with Crippen LogP contribution in [0.25, 0.3) is 6.08 Å². The minimum absolute atomic E-state index is 0.183. The lowest BCUT2D eigenvalue weighted by atomic mass is 10.1. The molecule has 2 rings (SSSR count). The van der Waals surface area contributed by atoms with Crippen LogP contribution < -0.4 is 5.32 Å². The van der Waals surface area contributed by atoms with Crippen molar-refractivity contribution in [3.05, 3.63) is 65.7 Å². The maximum absolute atomic E-state index is 12.4. The summed E-state index contributed by atoms with van der Waals surface area (Å²) >= 11 is 0. The number of benzene rings is 2. The summed E-state index contributed by atoms with van der Waals surface area (Å²) < 4.78 is 26.3. The van der Waals surface area contributed by atoms with E-state index in [-0.39, 0.29) is 10.8 Å². The van der Waals surface area contributed by atoms with Crippen LogP contribution in [0, 0.1) is 11.3 Å². The van der Waals surface area contributed by atoms with Gasteiger partial charge in [-0.05, 0) is 42.0 Å². The minimum atomic E-state index is -3.52. The summed E-state index contributed by atoms with van der Waals surface area (Å²) in [6, 6.07) is 15.1. The molecule has 7 heteroatoms. The fraction of sp³-hybridized carbons (Fsp3) is 0.200. The van der Waals surface area contributed by atoms with E-state index in [1.165, 1.54) is 22.5 Å². The Hall–Kier alpha value is -2.95. The molecule has 0 saturated carbocycles. The molecule has 0 aromatic heterocycles. The standard InChI is InChI=1S/C20H21N3O3S/c1-3-23(4-2)27(25,26)19-12-10-18(11-13-19)22-20(24)14-9-16-7-5-6-8-17(16)15-21/h5-14H,3-4H2,1-2H3,(H,22,24)/b14-9+. The van der Waals surface area contributed by atoms with Crippen molar-refractivity contribution in [2.45, 2.75) is 18.7 Å². The van der Waals surface area contributed by atoms with Crippen LogP contribution in [0.5, 0.6) is 0 Å². The van der Waals surface area contributed by atoms with E-state index in [0.29, 0.717) is 29.9 Å². The molecular formula is C20H21N3O3S. The first-order valence-electron chi connectivity index (χ1n) is 8.50. The van der Waals surface area contributed by atoms with Crippen molar-refractivity contribution in [3.63, 3.8) is 0 Å². The smallest absolute Gasteiger partial charge is 0.248 e. The first-order chi connectivity index (χ1) is 12.9. The van der Waals surface area contributed by atoms with Gasteiger partial charge in [-0.25, -0.2) is 8.42 Å². The number of hydrogen-bond acceptors (Lipinski definition) is 4. The Morgan fingerprint density at radius 1 is 1.11 bits per heavy atom. The van der Waals surface area contributed by atoms with Gasteiger partial charge in [0.05, 0.1) is 16.5 Å². The number of rotatable bonds is 7. The van der Waals surface area contributed by atoms with E-state index in [9.17, 15) is 13.2 Å². The van der Waals surface area contributed by atoms with Crippen LogP contribution in [-0.4, -0.2) is 31.7 Å². The van der Waals surface area contributed by atoms with E-state index in [0.717, 1.165) is 0 Å². The van der Waals surface area contributed by atoms with Crippen LogP contribution in [0.4, 0.5) is 5.69 Å². The number of amides is 1. The molecule has 27 heavy (non-hydrogen) atoms. The lowest BCUT2D eigenvalue weighted by Crippen LogP contribution is -2.30. The predicted octanol–water partition coefficient (Wildman–Crippen LogP) is 3.24. The molecule has 2 aromatic carbocycles. The molecule has 1 N–H and O–H groups in total. The van der Waals surface area contributed by atoms with Crippen LogP contribution in [0.15, 0.2) is 59.5 Å². The minimum Gasteiger partial charge on any atom is -0.323 e. The van der Waals surface area contributed by atoms with Gasteiger partial charge in [0.25, 0.3) is 0 Å². The number of nitrogens with one attached hydrogen (secondary N) is 1. The number of nitrogens with zero attached hydrogens (tertiary/aromatic N) is 2. The summed E-state index contributed by atoms with van der Waals surface area (Å²) in [5.74, 6) is -0.373. The van der Waals surface area contributed by atoms with E-state index in [1.54, 1.807) is 56.3 Å². The number of anilines is 1. The molecule has 0 spiro atoms. The van der Waals surface area contributed by atoms with Gasteiger partial charge in [-0.15, -0.1) is 0 Å². The molecule has 0 radical (unpaired) electrons. The number of hydrogen-bond donors (Lipinski definition) is 1.